The van der Waals surface area contributed by atoms with Gasteiger partial charge in [0.2, 0.25) is 5.91 Å². The lowest BCUT2D eigenvalue weighted by atomic mass is 10.00. The van der Waals surface area contributed by atoms with Gasteiger partial charge in [-0.25, -0.2) is 0 Å². The Balaban J connectivity index is 2.56. The maximum atomic E-state index is 11.1. The smallest absolute Gasteiger partial charge is 0.221 e. The van der Waals surface area contributed by atoms with E-state index >= 15 is 0 Å². The number of amides is 1. The zero-order valence-corrected chi connectivity index (χ0v) is 11.9. The molecule has 0 atom stereocenters. The average Bonchev–Trinajstić information content (AvgIpc) is 2.29. The highest BCUT2D eigenvalue weighted by Gasteiger charge is 2.09. The summed E-state index contributed by atoms with van der Waals surface area (Å²) >= 11 is 6.19. The van der Waals surface area contributed by atoms with Crippen LogP contribution in [0.25, 0.3) is 10.8 Å². The molecular weight excluding hydrogens is 260 g/mol. The SMILES string of the molecule is CN(C)Cc1cccc2cc(Cl)c(CC(N)=O)cc12. The van der Waals surface area contributed by atoms with Gasteiger partial charge in [-0.3, -0.25) is 4.79 Å². The maximum Gasteiger partial charge on any atom is 0.221 e. The molecule has 0 spiro atoms. The Hall–Kier alpha value is -1.58. The van der Waals surface area contributed by atoms with Gasteiger partial charge in [0.25, 0.3) is 0 Å². The summed E-state index contributed by atoms with van der Waals surface area (Å²) in [6, 6.07) is 10.00. The second-order valence-corrected chi connectivity index (χ2v) is 5.37. The van der Waals surface area contributed by atoms with Gasteiger partial charge in [0.1, 0.15) is 0 Å². The number of carbonyl (C=O) groups is 1. The molecule has 4 heteroatoms. The minimum absolute atomic E-state index is 0.172. The average molecular weight is 277 g/mol. The van der Waals surface area contributed by atoms with Crippen molar-refractivity contribution in [2.24, 2.45) is 5.73 Å². The van der Waals surface area contributed by atoms with Crippen molar-refractivity contribution < 1.29 is 4.79 Å². The van der Waals surface area contributed by atoms with E-state index in [1.807, 2.05) is 38.4 Å². The fourth-order valence-electron chi connectivity index (χ4n) is 2.21. The number of benzene rings is 2. The van der Waals surface area contributed by atoms with Crippen molar-refractivity contribution in [3.63, 3.8) is 0 Å². The largest absolute Gasteiger partial charge is 0.369 e. The van der Waals surface area contributed by atoms with Crippen LogP contribution in [0.1, 0.15) is 11.1 Å². The van der Waals surface area contributed by atoms with Crippen LogP contribution in [0.4, 0.5) is 0 Å². The molecule has 0 radical (unpaired) electrons. The minimum atomic E-state index is -0.369. The first-order chi connectivity index (χ1) is 8.97. The van der Waals surface area contributed by atoms with E-state index in [0.717, 1.165) is 22.9 Å². The van der Waals surface area contributed by atoms with Crippen molar-refractivity contribution in [1.82, 2.24) is 4.90 Å². The third-order valence-corrected chi connectivity index (χ3v) is 3.34. The van der Waals surface area contributed by atoms with E-state index in [9.17, 15) is 4.79 Å². The number of rotatable bonds is 4. The van der Waals surface area contributed by atoms with Crippen LogP contribution in [0.15, 0.2) is 30.3 Å². The first kappa shape index (κ1) is 13.8. The van der Waals surface area contributed by atoms with Gasteiger partial charge in [0, 0.05) is 11.6 Å². The number of halogens is 1. The third-order valence-electron chi connectivity index (χ3n) is 2.99. The van der Waals surface area contributed by atoms with E-state index in [1.165, 1.54) is 5.56 Å². The van der Waals surface area contributed by atoms with Crippen LogP contribution in [-0.4, -0.2) is 24.9 Å². The standard InChI is InChI=1S/C15H17ClN2O/c1-18(2)9-11-5-3-4-10-7-14(16)12(6-13(10)11)8-15(17)19/h3-7H,8-9H2,1-2H3,(H2,17,19). The van der Waals surface area contributed by atoms with E-state index in [0.29, 0.717) is 5.02 Å². The Kier molecular flexibility index (Phi) is 4.08. The molecule has 2 aromatic carbocycles. The van der Waals surface area contributed by atoms with Gasteiger partial charge < -0.3 is 10.6 Å². The molecule has 0 aliphatic heterocycles. The predicted molar refractivity (Wildman–Crippen MR) is 79.2 cm³/mol. The van der Waals surface area contributed by atoms with Crippen molar-refractivity contribution in [3.05, 3.63) is 46.5 Å². The van der Waals surface area contributed by atoms with Crippen LogP contribution in [0.3, 0.4) is 0 Å². The number of fused-ring (bicyclic) bond motifs is 1. The summed E-state index contributed by atoms with van der Waals surface area (Å²) in [4.78, 5) is 13.2. The zero-order chi connectivity index (χ0) is 14.0. The normalized spacial score (nSPS) is 11.2. The van der Waals surface area contributed by atoms with Crippen LogP contribution < -0.4 is 5.73 Å². The Labute approximate surface area is 118 Å². The summed E-state index contributed by atoms with van der Waals surface area (Å²) in [6.07, 6.45) is 0.172. The summed E-state index contributed by atoms with van der Waals surface area (Å²) in [7, 11) is 4.05. The van der Waals surface area contributed by atoms with Crippen LogP contribution in [0.5, 0.6) is 0 Å². The second-order valence-electron chi connectivity index (χ2n) is 4.96. The van der Waals surface area contributed by atoms with Crippen LogP contribution >= 0.6 is 11.6 Å². The van der Waals surface area contributed by atoms with Crippen molar-refractivity contribution in [2.75, 3.05) is 14.1 Å². The summed E-state index contributed by atoms with van der Waals surface area (Å²) in [5, 5.41) is 2.79. The molecule has 1 amide bonds. The highest BCUT2D eigenvalue weighted by atomic mass is 35.5. The minimum Gasteiger partial charge on any atom is -0.369 e. The molecular formula is C15H17ClN2O. The lowest BCUT2D eigenvalue weighted by molar-refractivity contribution is -0.117. The van der Waals surface area contributed by atoms with Crippen molar-refractivity contribution in [3.8, 4) is 0 Å². The molecule has 0 aliphatic rings. The van der Waals surface area contributed by atoms with Gasteiger partial charge in [-0.2, -0.15) is 0 Å². The van der Waals surface area contributed by atoms with E-state index < -0.39 is 0 Å². The molecule has 2 aromatic rings. The first-order valence-electron chi connectivity index (χ1n) is 6.10. The lowest BCUT2D eigenvalue weighted by Gasteiger charge is -2.13. The Morgan fingerprint density at radius 3 is 2.63 bits per heavy atom. The molecule has 0 aromatic heterocycles. The molecule has 0 aliphatic carbocycles. The van der Waals surface area contributed by atoms with E-state index in [-0.39, 0.29) is 12.3 Å². The molecule has 0 saturated heterocycles. The van der Waals surface area contributed by atoms with Crippen molar-refractivity contribution >= 4 is 28.3 Å². The highest BCUT2D eigenvalue weighted by molar-refractivity contribution is 6.32. The molecule has 0 saturated carbocycles. The van der Waals surface area contributed by atoms with Crippen molar-refractivity contribution in [1.29, 1.82) is 0 Å². The van der Waals surface area contributed by atoms with Gasteiger partial charge in [0.15, 0.2) is 0 Å². The summed E-state index contributed by atoms with van der Waals surface area (Å²) in [5.74, 6) is -0.369. The number of nitrogens with zero attached hydrogens (tertiary/aromatic N) is 1. The molecule has 0 unspecified atom stereocenters. The van der Waals surface area contributed by atoms with Gasteiger partial charge in [0.05, 0.1) is 6.42 Å². The molecule has 3 nitrogen and oxygen atoms in total. The number of carbonyl (C=O) groups excluding carboxylic acids is 1. The van der Waals surface area contributed by atoms with Gasteiger partial charge in [-0.05, 0) is 48.1 Å². The van der Waals surface area contributed by atoms with Gasteiger partial charge in [-0.15, -0.1) is 0 Å². The van der Waals surface area contributed by atoms with E-state index in [4.69, 9.17) is 17.3 Å². The molecule has 100 valence electrons. The Morgan fingerprint density at radius 2 is 2.00 bits per heavy atom. The summed E-state index contributed by atoms with van der Waals surface area (Å²) < 4.78 is 0. The third kappa shape index (κ3) is 3.25. The van der Waals surface area contributed by atoms with Gasteiger partial charge >= 0.3 is 0 Å². The number of hydrogen-bond acceptors (Lipinski definition) is 2. The molecule has 0 bridgehead atoms. The molecule has 19 heavy (non-hydrogen) atoms. The molecule has 2 rings (SSSR count). The molecule has 0 heterocycles. The predicted octanol–water partition coefficient (Wildman–Crippen LogP) is 2.58. The summed E-state index contributed by atoms with van der Waals surface area (Å²) in [6.45, 7) is 0.842. The van der Waals surface area contributed by atoms with E-state index in [2.05, 4.69) is 11.0 Å². The first-order valence-corrected chi connectivity index (χ1v) is 6.48. The van der Waals surface area contributed by atoms with Gasteiger partial charge in [-0.1, -0.05) is 29.8 Å². The Morgan fingerprint density at radius 1 is 1.26 bits per heavy atom. The lowest BCUT2D eigenvalue weighted by Crippen LogP contribution is -2.14. The van der Waals surface area contributed by atoms with Crippen LogP contribution in [0, 0.1) is 0 Å². The zero-order valence-electron chi connectivity index (χ0n) is 11.1. The van der Waals surface area contributed by atoms with Crippen LogP contribution in [0.2, 0.25) is 5.02 Å². The van der Waals surface area contributed by atoms with E-state index in [1.54, 1.807) is 0 Å². The highest BCUT2D eigenvalue weighted by Crippen LogP contribution is 2.27. The molecule has 2 N–H and O–H groups in total. The maximum absolute atomic E-state index is 11.1. The summed E-state index contributed by atoms with van der Waals surface area (Å²) in [5.41, 5.74) is 7.25. The topological polar surface area (TPSA) is 46.3 Å². The quantitative estimate of drug-likeness (QED) is 0.933. The fraction of sp³-hybridized carbons (Fsp3) is 0.267. The number of hydrogen-bond donors (Lipinski definition) is 1. The van der Waals surface area contributed by atoms with Crippen molar-refractivity contribution in [2.45, 2.75) is 13.0 Å². The molecule has 0 fully saturated rings. The number of nitrogens with two attached hydrogens (primary N) is 1. The Bertz CT molecular complexity index is 623. The van der Waals surface area contributed by atoms with Crippen LogP contribution in [-0.2, 0) is 17.8 Å². The monoisotopic (exact) mass is 276 g/mol. The fourth-order valence-corrected chi connectivity index (χ4v) is 2.45. The second kappa shape index (κ2) is 5.59. The number of primary amides is 1.